The highest BCUT2D eigenvalue weighted by molar-refractivity contribution is 5.73. The van der Waals surface area contributed by atoms with E-state index in [-0.39, 0.29) is 37.5 Å². The zero-order chi connectivity index (χ0) is 40.7. The maximum absolute atomic E-state index is 14.2. The molecule has 0 unspecified atom stereocenters. The van der Waals surface area contributed by atoms with Crippen molar-refractivity contribution in [2.24, 2.45) is 23.7 Å². The van der Waals surface area contributed by atoms with Gasteiger partial charge in [0.1, 0.15) is 23.9 Å². The third kappa shape index (κ3) is 9.46. The van der Waals surface area contributed by atoms with E-state index in [1.165, 1.54) is 14.0 Å². The smallest absolute Gasteiger partial charge is 0.311 e. The predicted molar refractivity (Wildman–Crippen MR) is 196 cm³/mol. The summed E-state index contributed by atoms with van der Waals surface area (Å²) >= 11 is 0. The molecule has 0 radical (unpaired) electrons. The Morgan fingerprint density at radius 1 is 0.870 bits per heavy atom. The van der Waals surface area contributed by atoms with Gasteiger partial charge in [0.15, 0.2) is 12.6 Å². The minimum absolute atomic E-state index is 0.0445. The molecule has 316 valence electrons. The number of rotatable bonds is 8. The van der Waals surface area contributed by atoms with Crippen LogP contribution in [0.5, 0.6) is 0 Å². The van der Waals surface area contributed by atoms with Gasteiger partial charge in [0.05, 0.1) is 73.0 Å². The number of ether oxygens (including phenoxy) is 7. The van der Waals surface area contributed by atoms with Crippen molar-refractivity contribution in [3.63, 3.8) is 0 Å². The Bertz CT molecular complexity index is 1220. The van der Waals surface area contributed by atoms with E-state index in [1.807, 2.05) is 14.0 Å². The van der Waals surface area contributed by atoms with Crippen LogP contribution in [0.25, 0.3) is 0 Å². The lowest BCUT2D eigenvalue weighted by molar-refractivity contribution is -0.320. The largest absolute Gasteiger partial charge is 0.459 e. The van der Waals surface area contributed by atoms with Crippen LogP contribution >= 0.6 is 0 Å². The lowest BCUT2D eigenvalue weighted by atomic mass is 9.73. The summed E-state index contributed by atoms with van der Waals surface area (Å²) in [6.07, 6.45) is -10.7. The summed E-state index contributed by atoms with van der Waals surface area (Å²) in [6, 6.07) is -0.220. The van der Waals surface area contributed by atoms with Crippen LogP contribution in [0.3, 0.4) is 0 Å². The quantitative estimate of drug-likeness (QED) is 0.193. The number of hydrogen-bond acceptors (Lipinski definition) is 15. The van der Waals surface area contributed by atoms with Gasteiger partial charge in [0, 0.05) is 31.4 Å². The third-order valence-electron chi connectivity index (χ3n) is 13.1. The second-order valence-corrected chi connectivity index (χ2v) is 17.6. The van der Waals surface area contributed by atoms with E-state index in [9.17, 15) is 35.4 Å². The van der Waals surface area contributed by atoms with Gasteiger partial charge in [-0.3, -0.25) is 9.69 Å². The van der Waals surface area contributed by atoms with E-state index in [0.717, 1.165) is 0 Å². The summed E-state index contributed by atoms with van der Waals surface area (Å²) in [5.74, 6) is -4.16. The number of cyclic esters (lactones) is 1. The Labute approximate surface area is 321 Å². The molecule has 0 bridgehead atoms. The molecule has 54 heavy (non-hydrogen) atoms. The molecule has 0 aromatic carbocycles. The first kappa shape index (κ1) is 45.6. The van der Waals surface area contributed by atoms with E-state index >= 15 is 0 Å². The number of aliphatic hydroxyl groups is 6. The highest BCUT2D eigenvalue weighted by Crippen LogP contribution is 2.41. The van der Waals surface area contributed by atoms with Crippen LogP contribution in [0.1, 0.15) is 94.9 Å². The molecule has 0 aliphatic carbocycles. The van der Waals surface area contributed by atoms with E-state index in [2.05, 4.69) is 4.90 Å². The monoisotopic (exact) mass is 777 g/mol. The zero-order valence-corrected chi connectivity index (χ0v) is 34.5. The average Bonchev–Trinajstić information content (AvgIpc) is 3.08. The summed E-state index contributed by atoms with van der Waals surface area (Å²) in [5.41, 5.74) is -4.74. The fourth-order valence-corrected chi connectivity index (χ4v) is 9.21. The Balaban J connectivity index is 1.80. The van der Waals surface area contributed by atoms with Crippen molar-refractivity contribution in [3.05, 3.63) is 0 Å². The number of likely N-dealkylation sites (N-methyl/N-ethyl adjacent to an activating group) is 1. The fourth-order valence-electron chi connectivity index (χ4n) is 9.21. The van der Waals surface area contributed by atoms with Crippen molar-refractivity contribution in [1.29, 1.82) is 0 Å². The Kier molecular flexibility index (Phi) is 15.1. The molecule has 0 saturated carbocycles. The van der Waals surface area contributed by atoms with Crippen molar-refractivity contribution in [1.82, 2.24) is 4.90 Å². The van der Waals surface area contributed by atoms with E-state index < -0.39 is 108 Å². The van der Waals surface area contributed by atoms with Gasteiger partial charge in [0.25, 0.3) is 0 Å². The lowest BCUT2D eigenvalue weighted by Gasteiger charge is -2.50. The SMILES string of the molecule is CC[C@H]1OC(=O)[C@H](C)[C@@H](O[C@@H]2C[C@@](C)(OC)[C@@H](O)[C@H](C)O2)[C@H](C)[C@@H](O[C@@H]2O[C@H](C)C[C@H](N(C)C3COC3)[C@H]2O)[C@](C)(O)C[C@@H](C)[C@H](O)[C@H](C)[C@@H](O)[C@]1(C)O. The van der Waals surface area contributed by atoms with Crippen molar-refractivity contribution < 1.29 is 68.6 Å². The van der Waals surface area contributed by atoms with Crippen molar-refractivity contribution in [3.8, 4) is 0 Å². The summed E-state index contributed by atoms with van der Waals surface area (Å²) < 4.78 is 42.9. The number of nitrogens with zero attached hydrogens (tertiary/aromatic N) is 1. The van der Waals surface area contributed by atoms with Gasteiger partial charge in [-0.15, -0.1) is 0 Å². The molecular formula is C39H71NO14. The Morgan fingerprint density at radius 3 is 2.06 bits per heavy atom. The van der Waals surface area contributed by atoms with Gasteiger partial charge in [-0.1, -0.05) is 27.7 Å². The van der Waals surface area contributed by atoms with Gasteiger partial charge < -0.3 is 63.8 Å². The minimum Gasteiger partial charge on any atom is -0.459 e. The molecule has 19 atom stereocenters. The van der Waals surface area contributed by atoms with Crippen LogP contribution in [-0.4, -0.2) is 165 Å². The molecule has 0 aromatic heterocycles. The molecule has 15 nitrogen and oxygen atoms in total. The molecule has 0 aromatic rings. The van der Waals surface area contributed by atoms with Gasteiger partial charge in [-0.25, -0.2) is 0 Å². The molecule has 6 N–H and O–H groups in total. The Hall–Kier alpha value is -1.05. The molecule has 15 heteroatoms. The summed E-state index contributed by atoms with van der Waals surface area (Å²) in [6.45, 7) is 17.8. The molecule has 4 heterocycles. The van der Waals surface area contributed by atoms with Crippen LogP contribution in [0.4, 0.5) is 0 Å². The van der Waals surface area contributed by atoms with E-state index in [1.54, 1.807) is 55.4 Å². The van der Waals surface area contributed by atoms with E-state index in [0.29, 0.717) is 19.6 Å². The average molecular weight is 778 g/mol. The highest BCUT2D eigenvalue weighted by Gasteiger charge is 2.54. The normalized spacial score (nSPS) is 50.6. The number of hydrogen-bond donors (Lipinski definition) is 6. The first-order valence-corrected chi connectivity index (χ1v) is 19.8. The summed E-state index contributed by atoms with van der Waals surface area (Å²) in [7, 11) is 3.42. The molecule has 4 saturated heterocycles. The molecule has 0 spiro atoms. The summed E-state index contributed by atoms with van der Waals surface area (Å²) in [4.78, 5) is 16.3. The van der Waals surface area contributed by atoms with Crippen LogP contribution < -0.4 is 0 Å². The number of carbonyl (C=O) groups excluding carboxylic acids is 1. The van der Waals surface area contributed by atoms with Crippen molar-refractivity contribution >= 4 is 5.97 Å². The minimum atomic E-state index is -1.94. The molecular weight excluding hydrogens is 706 g/mol. The lowest BCUT2D eigenvalue weighted by Crippen LogP contribution is -2.63. The highest BCUT2D eigenvalue weighted by atomic mass is 16.7. The van der Waals surface area contributed by atoms with Gasteiger partial charge in [-0.05, 0) is 73.8 Å². The molecule has 4 fully saturated rings. The third-order valence-corrected chi connectivity index (χ3v) is 13.1. The topological polar surface area (TPSA) is 206 Å². The number of carbonyl (C=O) groups is 1. The Morgan fingerprint density at radius 2 is 1.50 bits per heavy atom. The zero-order valence-electron chi connectivity index (χ0n) is 34.5. The van der Waals surface area contributed by atoms with Crippen LogP contribution in [0.2, 0.25) is 0 Å². The van der Waals surface area contributed by atoms with E-state index in [4.69, 9.17) is 33.2 Å². The second kappa shape index (κ2) is 17.8. The second-order valence-electron chi connectivity index (χ2n) is 17.6. The molecule has 4 aliphatic rings. The summed E-state index contributed by atoms with van der Waals surface area (Å²) in [5, 5.41) is 69.9. The maximum atomic E-state index is 14.2. The van der Waals surface area contributed by atoms with Gasteiger partial charge in [0.2, 0.25) is 0 Å². The first-order valence-electron chi connectivity index (χ1n) is 19.8. The molecule has 4 rings (SSSR count). The van der Waals surface area contributed by atoms with Gasteiger partial charge in [-0.2, -0.15) is 0 Å². The predicted octanol–water partition coefficient (Wildman–Crippen LogP) is 1.35. The van der Waals surface area contributed by atoms with Gasteiger partial charge >= 0.3 is 5.97 Å². The van der Waals surface area contributed by atoms with Crippen molar-refractivity contribution in [2.45, 2.75) is 191 Å². The van der Waals surface area contributed by atoms with Crippen LogP contribution in [-0.2, 0) is 38.0 Å². The molecule has 0 amide bonds. The maximum Gasteiger partial charge on any atom is 0.311 e. The van der Waals surface area contributed by atoms with Crippen molar-refractivity contribution in [2.75, 3.05) is 27.4 Å². The first-order chi connectivity index (χ1) is 25.0. The number of methoxy groups -OCH3 is 1. The fraction of sp³-hybridized carbons (Fsp3) is 0.974. The number of aliphatic hydroxyl groups excluding tert-OH is 4. The van der Waals surface area contributed by atoms with Crippen LogP contribution in [0, 0.1) is 23.7 Å². The standard InChI is InChI=1S/C39H71NO14/c1-13-27-39(10,47)32(43)21(4)29(41)19(2)15-37(8,46)34(54-36-30(42)26(14-20(3)50-36)40(11)25-17-49-18-25)22(5)31(23(6)35(45)52-27)53-28-16-38(9,48-12)33(44)24(7)51-28/h19-34,36,41-44,46-47H,13-18H2,1-12H3/t19-,20-,21+,22+,23-,24+,26+,27-,28-,29+,30-,31+,32-,33+,34-,36+,37-,38-,39-/m1/s1. The molecule has 4 aliphatic heterocycles. The number of esters is 1. The van der Waals surface area contributed by atoms with Crippen LogP contribution in [0.15, 0.2) is 0 Å².